The smallest absolute Gasteiger partial charge is 0.433 e. The Hall–Kier alpha value is -3.65. The minimum atomic E-state index is -4.57. The first-order valence-electron chi connectivity index (χ1n) is 10.7. The summed E-state index contributed by atoms with van der Waals surface area (Å²) in [5, 5.41) is 9.27. The second-order valence-corrected chi connectivity index (χ2v) is 7.86. The standard InChI is InChI=1S/C23H22F3N5O3/c1-3-33-19-13-31(9-7-18(19)34-15-6-8-28-20(10-15)23(24,25)26)17-11-21(32)30(2)16-5-4-14(12-27)29-22(16)17/h4-6,8,10-11,18-19H,3,7,9,13H2,1-2H3/t18-,19-/m0/s1. The second kappa shape index (κ2) is 9.30. The van der Waals surface area contributed by atoms with E-state index in [0.29, 0.717) is 42.8 Å². The highest BCUT2D eigenvalue weighted by atomic mass is 19.4. The second-order valence-electron chi connectivity index (χ2n) is 7.86. The molecule has 1 fully saturated rings. The summed E-state index contributed by atoms with van der Waals surface area (Å²) in [6, 6.07) is 8.98. The van der Waals surface area contributed by atoms with E-state index in [2.05, 4.69) is 9.97 Å². The molecule has 0 aromatic carbocycles. The van der Waals surface area contributed by atoms with Crippen molar-refractivity contribution in [2.24, 2.45) is 7.05 Å². The lowest BCUT2D eigenvalue weighted by Crippen LogP contribution is -2.50. The highest BCUT2D eigenvalue weighted by Gasteiger charge is 2.35. The summed E-state index contributed by atoms with van der Waals surface area (Å²) in [6.45, 7) is 2.97. The van der Waals surface area contributed by atoms with Crippen LogP contribution in [0.4, 0.5) is 18.9 Å². The highest BCUT2D eigenvalue weighted by Crippen LogP contribution is 2.32. The number of anilines is 1. The Balaban J connectivity index is 1.63. The van der Waals surface area contributed by atoms with E-state index >= 15 is 0 Å². The lowest BCUT2D eigenvalue weighted by Gasteiger charge is -2.39. The van der Waals surface area contributed by atoms with Gasteiger partial charge >= 0.3 is 6.18 Å². The number of rotatable bonds is 5. The van der Waals surface area contributed by atoms with E-state index < -0.39 is 24.1 Å². The molecule has 8 nitrogen and oxygen atoms in total. The molecule has 11 heteroatoms. The van der Waals surface area contributed by atoms with Crippen molar-refractivity contribution < 1.29 is 22.6 Å². The number of hydrogen-bond acceptors (Lipinski definition) is 7. The fourth-order valence-electron chi connectivity index (χ4n) is 4.05. The molecular formula is C23H22F3N5O3. The predicted octanol–water partition coefficient (Wildman–Crippen LogP) is 3.28. The van der Waals surface area contributed by atoms with Crippen LogP contribution >= 0.6 is 0 Å². The van der Waals surface area contributed by atoms with Crippen LogP contribution in [0.3, 0.4) is 0 Å². The molecule has 4 rings (SSSR count). The van der Waals surface area contributed by atoms with Gasteiger partial charge < -0.3 is 18.9 Å². The number of nitrogens with zero attached hydrogens (tertiary/aromatic N) is 5. The highest BCUT2D eigenvalue weighted by molar-refractivity contribution is 5.88. The number of halogens is 3. The van der Waals surface area contributed by atoms with Crippen molar-refractivity contribution in [2.75, 3.05) is 24.6 Å². The lowest BCUT2D eigenvalue weighted by atomic mass is 10.0. The predicted molar refractivity (Wildman–Crippen MR) is 118 cm³/mol. The van der Waals surface area contributed by atoms with Gasteiger partial charge in [-0.2, -0.15) is 18.4 Å². The molecule has 1 saturated heterocycles. The van der Waals surface area contributed by atoms with Gasteiger partial charge in [-0.3, -0.25) is 9.78 Å². The zero-order valence-corrected chi connectivity index (χ0v) is 18.5. The molecule has 3 aromatic rings. The summed E-state index contributed by atoms with van der Waals surface area (Å²) in [5.74, 6) is 0.0600. The van der Waals surface area contributed by atoms with E-state index in [1.54, 1.807) is 19.2 Å². The summed E-state index contributed by atoms with van der Waals surface area (Å²) in [4.78, 5) is 22.3. The van der Waals surface area contributed by atoms with Crippen LogP contribution in [0.25, 0.3) is 11.0 Å². The molecule has 0 bridgehead atoms. The molecule has 4 heterocycles. The zero-order valence-electron chi connectivity index (χ0n) is 18.5. The van der Waals surface area contributed by atoms with E-state index in [9.17, 15) is 23.2 Å². The molecule has 0 N–H and O–H groups in total. The van der Waals surface area contributed by atoms with E-state index in [4.69, 9.17) is 9.47 Å². The largest absolute Gasteiger partial charge is 0.487 e. The molecule has 0 radical (unpaired) electrons. The summed E-state index contributed by atoms with van der Waals surface area (Å²) < 4.78 is 52.3. The summed E-state index contributed by atoms with van der Waals surface area (Å²) in [7, 11) is 1.63. The Labute approximate surface area is 193 Å². The maximum Gasteiger partial charge on any atom is 0.433 e. The van der Waals surface area contributed by atoms with E-state index in [-0.39, 0.29) is 17.0 Å². The van der Waals surface area contributed by atoms with Gasteiger partial charge in [0.1, 0.15) is 40.9 Å². The van der Waals surface area contributed by atoms with Crippen LogP contribution in [0.5, 0.6) is 5.75 Å². The third-order valence-electron chi connectivity index (χ3n) is 5.71. The van der Waals surface area contributed by atoms with Crippen LogP contribution in [0.1, 0.15) is 24.7 Å². The molecule has 3 aromatic heterocycles. The van der Waals surface area contributed by atoms with Crippen LogP contribution in [-0.2, 0) is 18.0 Å². The molecule has 34 heavy (non-hydrogen) atoms. The van der Waals surface area contributed by atoms with E-state index in [0.717, 1.165) is 12.3 Å². The number of aromatic nitrogens is 3. The molecule has 0 unspecified atom stereocenters. The lowest BCUT2D eigenvalue weighted by molar-refractivity contribution is -0.141. The Bertz CT molecular complexity index is 1300. The maximum atomic E-state index is 13.0. The third kappa shape index (κ3) is 4.68. The Morgan fingerprint density at radius 2 is 2.03 bits per heavy atom. The topological polar surface area (TPSA) is 93.3 Å². The van der Waals surface area contributed by atoms with Crippen molar-refractivity contribution in [3.05, 3.63) is 58.3 Å². The van der Waals surface area contributed by atoms with Gasteiger partial charge in [-0.05, 0) is 25.1 Å². The van der Waals surface area contributed by atoms with Crippen molar-refractivity contribution >= 4 is 16.7 Å². The Morgan fingerprint density at radius 3 is 2.74 bits per heavy atom. The summed E-state index contributed by atoms with van der Waals surface area (Å²) in [6.07, 6.45) is -4.05. The Kier molecular flexibility index (Phi) is 6.43. The Morgan fingerprint density at radius 1 is 1.24 bits per heavy atom. The number of piperidine rings is 1. The van der Waals surface area contributed by atoms with Gasteiger partial charge in [-0.1, -0.05) is 0 Å². The van der Waals surface area contributed by atoms with Gasteiger partial charge in [0.15, 0.2) is 0 Å². The van der Waals surface area contributed by atoms with Crippen molar-refractivity contribution in [2.45, 2.75) is 31.7 Å². The number of alkyl halides is 3. The van der Waals surface area contributed by atoms with Crippen molar-refractivity contribution in [3.63, 3.8) is 0 Å². The minimum absolute atomic E-state index is 0.0600. The number of aryl methyl sites for hydroxylation is 1. The molecule has 1 aliphatic rings. The van der Waals surface area contributed by atoms with Crippen LogP contribution in [-0.4, -0.2) is 46.4 Å². The van der Waals surface area contributed by atoms with Crippen molar-refractivity contribution in [1.82, 2.24) is 14.5 Å². The van der Waals surface area contributed by atoms with Gasteiger partial charge in [0, 0.05) is 51.5 Å². The van der Waals surface area contributed by atoms with Gasteiger partial charge in [0.05, 0.1) is 11.2 Å². The molecular weight excluding hydrogens is 451 g/mol. The van der Waals surface area contributed by atoms with E-state index in [1.807, 2.05) is 17.9 Å². The van der Waals surface area contributed by atoms with Gasteiger partial charge in [0.25, 0.3) is 5.56 Å². The molecule has 0 saturated carbocycles. The number of ether oxygens (including phenoxy) is 2. The normalized spacial score (nSPS) is 18.6. The van der Waals surface area contributed by atoms with Crippen molar-refractivity contribution in [3.8, 4) is 11.8 Å². The van der Waals surface area contributed by atoms with Crippen LogP contribution in [0.15, 0.2) is 41.3 Å². The average Bonchev–Trinajstić information content (AvgIpc) is 2.82. The van der Waals surface area contributed by atoms with Crippen LogP contribution < -0.4 is 15.2 Å². The quantitative estimate of drug-likeness (QED) is 0.561. The average molecular weight is 473 g/mol. The first-order valence-corrected chi connectivity index (χ1v) is 10.7. The zero-order chi connectivity index (χ0) is 24.5. The van der Waals surface area contributed by atoms with Gasteiger partial charge in [-0.15, -0.1) is 0 Å². The summed E-state index contributed by atoms with van der Waals surface area (Å²) >= 11 is 0. The molecule has 178 valence electrons. The van der Waals surface area contributed by atoms with Crippen molar-refractivity contribution in [1.29, 1.82) is 5.26 Å². The first-order chi connectivity index (χ1) is 16.2. The number of pyridine rings is 3. The summed E-state index contributed by atoms with van der Waals surface area (Å²) in [5.41, 5.74) is 0.647. The minimum Gasteiger partial charge on any atom is -0.487 e. The molecule has 2 atom stereocenters. The van der Waals surface area contributed by atoms with Crippen LogP contribution in [0, 0.1) is 11.3 Å². The third-order valence-corrected chi connectivity index (χ3v) is 5.71. The number of fused-ring (bicyclic) bond motifs is 1. The number of hydrogen-bond donors (Lipinski definition) is 0. The van der Waals surface area contributed by atoms with Gasteiger partial charge in [-0.25, -0.2) is 4.98 Å². The fourth-order valence-corrected chi connectivity index (χ4v) is 4.05. The number of nitriles is 1. The molecule has 1 aliphatic heterocycles. The first kappa shape index (κ1) is 23.5. The molecule has 0 amide bonds. The fraction of sp³-hybridized carbons (Fsp3) is 0.391. The maximum absolute atomic E-state index is 13.0. The van der Waals surface area contributed by atoms with Gasteiger partial charge in [0.2, 0.25) is 0 Å². The molecule has 0 aliphatic carbocycles. The monoisotopic (exact) mass is 473 g/mol. The van der Waals surface area contributed by atoms with E-state index in [1.165, 1.54) is 16.7 Å². The SMILES string of the molecule is CCO[C@H]1CN(c2cc(=O)n(C)c3ccc(C#N)nc23)CC[C@@H]1Oc1ccnc(C(F)(F)F)c1. The van der Waals surface area contributed by atoms with Crippen LogP contribution in [0.2, 0.25) is 0 Å². The molecule has 0 spiro atoms.